The summed E-state index contributed by atoms with van der Waals surface area (Å²) in [4.78, 5) is 28.0. The second-order valence-corrected chi connectivity index (χ2v) is 8.56. The third-order valence-corrected chi connectivity index (χ3v) is 6.00. The molecule has 2 aliphatic rings. The van der Waals surface area contributed by atoms with E-state index < -0.39 is 6.04 Å². The van der Waals surface area contributed by atoms with Crippen LogP contribution in [0.5, 0.6) is 23.0 Å². The standard InChI is InChI=1S/C28H26N2O6/c1-18-3-7-20(8-4-18)27(28(32)29-21-9-11-22-25(16-21)34-14-13-33-22)30(2)26(31)12-6-19-5-10-23-24(15-19)36-17-35-23/h3-12,15-16,27H,13-14,17H2,1-2H3,(H,29,32)/b12-6+/t27-/m0/s1. The number of nitrogens with zero attached hydrogens (tertiary/aromatic N) is 1. The van der Waals surface area contributed by atoms with Crippen LogP contribution in [0.3, 0.4) is 0 Å². The van der Waals surface area contributed by atoms with E-state index in [-0.39, 0.29) is 18.6 Å². The minimum Gasteiger partial charge on any atom is -0.486 e. The summed E-state index contributed by atoms with van der Waals surface area (Å²) in [6.45, 7) is 3.09. The van der Waals surface area contributed by atoms with E-state index in [4.69, 9.17) is 18.9 Å². The molecule has 1 N–H and O–H groups in total. The van der Waals surface area contributed by atoms with Crippen molar-refractivity contribution >= 4 is 23.6 Å². The number of carbonyl (C=O) groups excluding carboxylic acids is 2. The normalized spacial score (nSPS) is 14.4. The van der Waals surface area contributed by atoms with Gasteiger partial charge in [0.15, 0.2) is 23.0 Å². The fraction of sp³-hybridized carbons (Fsp3) is 0.214. The van der Waals surface area contributed by atoms with Gasteiger partial charge in [0.25, 0.3) is 5.91 Å². The molecule has 0 aromatic heterocycles. The van der Waals surface area contributed by atoms with E-state index in [1.165, 1.54) is 11.0 Å². The molecule has 0 saturated heterocycles. The molecule has 1 atom stereocenters. The van der Waals surface area contributed by atoms with Crippen LogP contribution in [0, 0.1) is 6.92 Å². The fourth-order valence-corrected chi connectivity index (χ4v) is 4.06. The van der Waals surface area contributed by atoms with Crippen LogP contribution in [0.15, 0.2) is 66.7 Å². The number of anilines is 1. The summed E-state index contributed by atoms with van der Waals surface area (Å²) in [7, 11) is 1.61. The SMILES string of the molecule is Cc1ccc([C@@H](C(=O)Nc2ccc3c(c2)OCCO3)N(C)C(=O)/C=C/c2ccc3c(c2)OCO3)cc1. The van der Waals surface area contributed by atoms with Gasteiger partial charge in [-0.15, -0.1) is 0 Å². The Morgan fingerprint density at radius 2 is 1.53 bits per heavy atom. The summed E-state index contributed by atoms with van der Waals surface area (Å²) < 4.78 is 21.9. The van der Waals surface area contributed by atoms with Gasteiger partial charge in [0.2, 0.25) is 12.7 Å². The number of rotatable bonds is 6. The second kappa shape index (κ2) is 10.0. The Morgan fingerprint density at radius 1 is 0.861 bits per heavy atom. The number of hydrogen-bond acceptors (Lipinski definition) is 6. The number of likely N-dealkylation sites (N-methyl/N-ethyl adjacent to an activating group) is 1. The van der Waals surface area contributed by atoms with Crippen molar-refractivity contribution in [3.63, 3.8) is 0 Å². The number of ether oxygens (including phenoxy) is 4. The average Bonchev–Trinajstić information content (AvgIpc) is 3.36. The number of hydrogen-bond donors (Lipinski definition) is 1. The molecule has 5 rings (SSSR count). The zero-order chi connectivity index (χ0) is 25.1. The lowest BCUT2D eigenvalue weighted by molar-refractivity contribution is -0.133. The third kappa shape index (κ3) is 4.98. The topological polar surface area (TPSA) is 86.3 Å². The molecule has 3 aromatic carbocycles. The molecule has 36 heavy (non-hydrogen) atoms. The number of benzene rings is 3. The Bertz CT molecular complexity index is 1320. The first-order valence-electron chi connectivity index (χ1n) is 11.6. The molecule has 0 unspecified atom stereocenters. The lowest BCUT2D eigenvalue weighted by Gasteiger charge is -2.27. The molecule has 0 fully saturated rings. The molecule has 184 valence electrons. The number of nitrogens with one attached hydrogen (secondary N) is 1. The van der Waals surface area contributed by atoms with Crippen LogP contribution >= 0.6 is 0 Å². The number of carbonyl (C=O) groups is 2. The van der Waals surface area contributed by atoms with Gasteiger partial charge in [0.05, 0.1) is 0 Å². The van der Waals surface area contributed by atoms with Gasteiger partial charge in [0.1, 0.15) is 19.3 Å². The monoisotopic (exact) mass is 486 g/mol. The van der Waals surface area contributed by atoms with E-state index in [0.717, 1.165) is 11.1 Å². The first-order valence-corrected chi connectivity index (χ1v) is 11.6. The van der Waals surface area contributed by atoms with Crippen molar-refractivity contribution in [2.75, 3.05) is 32.4 Å². The summed E-state index contributed by atoms with van der Waals surface area (Å²) in [5.41, 5.74) is 3.09. The first kappa shape index (κ1) is 23.3. The molecule has 0 spiro atoms. The first-order chi connectivity index (χ1) is 17.5. The van der Waals surface area contributed by atoms with Gasteiger partial charge >= 0.3 is 0 Å². The van der Waals surface area contributed by atoms with E-state index in [2.05, 4.69) is 5.32 Å². The molecule has 2 heterocycles. The molecule has 0 saturated carbocycles. The summed E-state index contributed by atoms with van der Waals surface area (Å²) in [5, 5.41) is 2.92. The summed E-state index contributed by atoms with van der Waals surface area (Å²) in [6.07, 6.45) is 3.13. The zero-order valence-electron chi connectivity index (χ0n) is 20.0. The average molecular weight is 487 g/mol. The van der Waals surface area contributed by atoms with Crippen LogP contribution in [0.4, 0.5) is 5.69 Å². The molecule has 8 heteroatoms. The molecule has 0 bridgehead atoms. The predicted molar refractivity (Wildman–Crippen MR) is 134 cm³/mol. The van der Waals surface area contributed by atoms with Crippen LogP contribution < -0.4 is 24.3 Å². The lowest BCUT2D eigenvalue weighted by Crippen LogP contribution is -2.38. The van der Waals surface area contributed by atoms with E-state index in [0.29, 0.717) is 47.5 Å². The van der Waals surface area contributed by atoms with Crippen molar-refractivity contribution in [1.82, 2.24) is 4.90 Å². The highest BCUT2D eigenvalue weighted by molar-refractivity contribution is 6.00. The van der Waals surface area contributed by atoms with E-state index in [1.54, 1.807) is 43.5 Å². The van der Waals surface area contributed by atoms with Crippen molar-refractivity contribution in [2.45, 2.75) is 13.0 Å². The van der Waals surface area contributed by atoms with Gasteiger partial charge in [-0.3, -0.25) is 9.59 Å². The van der Waals surface area contributed by atoms with Crippen molar-refractivity contribution in [3.8, 4) is 23.0 Å². The van der Waals surface area contributed by atoms with E-state index in [1.807, 2.05) is 37.3 Å². The van der Waals surface area contributed by atoms with Crippen molar-refractivity contribution < 1.29 is 28.5 Å². The van der Waals surface area contributed by atoms with Crippen LogP contribution in [0.2, 0.25) is 0 Å². The second-order valence-electron chi connectivity index (χ2n) is 8.56. The van der Waals surface area contributed by atoms with Crippen LogP contribution in [0.1, 0.15) is 22.7 Å². The Kier molecular flexibility index (Phi) is 6.49. The maximum atomic E-state index is 13.5. The number of amides is 2. The summed E-state index contributed by atoms with van der Waals surface area (Å²) in [5.74, 6) is 1.84. The maximum absolute atomic E-state index is 13.5. The maximum Gasteiger partial charge on any atom is 0.251 e. The van der Waals surface area contributed by atoms with Crippen molar-refractivity contribution in [2.24, 2.45) is 0 Å². The highest BCUT2D eigenvalue weighted by Crippen LogP contribution is 2.34. The molecule has 0 radical (unpaired) electrons. The molecule has 2 amide bonds. The van der Waals surface area contributed by atoms with Crippen molar-refractivity contribution in [1.29, 1.82) is 0 Å². The molecule has 3 aromatic rings. The molecule has 8 nitrogen and oxygen atoms in total. The molecular weight excluding hydrogens is 460 g/mol. The minimum atomic E-state index is -0.854. The molecule has 0 aliphatic carbocycles. The van der Waals surface area contributed by atoms with Crippen LogP contribution in [-0.4, -0.2) is 43.8 Å². The largest absolute Gasteiger partial charge is 0.486 e. The van der Waals surface area contributed by atoms with Gasteiger partial charge in [-0.1, -0.05) is 35.9 Å². The smallest absolute Gasteiger partial charge is 0.251 e. The number of aryl methyl sites for hydroxylation is 1. The minimum absolute atomic E-state index is 0.181. The predicted octanol–water partition coefficient (Wildman–Crippen LogP) is 4.35. The van der Waals surface area contributed by atoms with Gasteiger partial charge in [-0.2, -0.15) is 0 Å². The quantitative estimate of drug-likeness (QED) is 0.522. The van der Waals surface area contributed by atoms with Gasteiger partial charge < -0.3 is 29.2 Å². The van der Waals surface area contributed by atoms with E-state index >= 15 is 0 Å². The Morgan fingerprint density at radius 3 is 2.33 bits per heavy atom. The van der Waals surface area contributed by atoms with E-state index in [9.17, 15) is 9.59 Å². The fourth-order valence-electron chi connectivity index (χ4n) is 4.06. The summed E-state index contributed by atoms with van der Waals surface area (Å²) in [6, 6.07) is 17.4. The molecular formula is C28H26N2O6. The Labute approximate surface area is 209 Å². The van der Waals surface area contributed by atoms with Gasteiger partial charge in [-0.25, -0.2) is 0 Å². The van der Waals surface area contributed by atoms with Crippen molar-refractivity contribution in [3.05, 3.63) is 83.4 Å². The highest BCUT2D eigenvalue weighted by atomic mass is 16.7. The van der Waals surface area contributed by atoms with Crippen LogP contribution in [0.25, 0.3) is 6.08 Å². The summed E-state index contributed by atoms with van der Waals surface area (Å²) >= 11 is 0. The van der Waals surface area contributed by atoms with Crippen LogP contribution in [-0.2, 0) is 9.59 Å². The number of fused-ring (bicyclic) bond motifs is 2. The molecule has 2 aliphatic heterocycles. The Balaban J connectivity index is 1.37. The van der Waals surface area contributed by atoms with Gasteiger partial charge in [-0.05, 0) is 48.4 Å². The third-order valence-electron chi connectivity index (χ3n) is 6.00. The zero-order valence-corrected chi connectivity index (χ0v) is 20.0. The van der Waals surface area contributed by atoms with Gasteiger partial charge in [0, 0.05) is 24.9 Å². The lowest BCUT2D eigenvalue weighted by atomic mass is 10.0. The highest BCUT2D eigenvalue weighted by Gasteiger charge is 2.28. The Hall–Kier alpha value is -4.46.